The predicted octanol–water partition coefficient (Wildman–Crippen LogP) is 6.63. The molecule has 0 saturated heterocycles. The number of carbonyl (C=O) groups is 1. The molecule has 126 valence electrons. The molecule has 2 aliphatic carbocycles. The number of carbonyl (C=O) groups excluding carboxylic acids is 1. The Labute approximate surface area is 149 Å². The second-order valence-corrected chi connectivity index (χ2v) is 10.0. The van der Waals surface area contributed by atoms with Crippen molar-refractivity contribution < 1.29 is 4.79 Å². The van der Waals surface area contributed by atoms with E-state index in [-0.39, 0.29) is 0 Å². The van der Waals surface area contributed by atoms with Crippen LogP contribution in [0.15, 0.2) is 24.3 Å². The minimum atomic E-state index is 0.543. The van der Waals surface area contributed by atoms with Gasteiger partial charge in [0.2, 0.25) is 0 Å². The summed E-state index contributed by atoms with van der Waals surface area (Å²) >= 11 is 4.40. The Kier molecular flexibility index (Phi) is 6.94. The van der Waals surface area contributed by atoms with Crippen molar-refractivity contribution in [3.05, 3.63) is 35.4 Å². The summed E-state index contributed by atoms with van der Waals surface area (Å²) in [5.74, 6) is 0. The van der Waals surface area contributed by atoms with Crippen LogP contribution < -0.4 is 0 Å². The molecule has 1 aromatic carbocycles. The van der Waals surface area contributed by atoms with Crippen LogP contribution >= 0.6 is 23.5 Å². The van der Waals surface area contributed by atoms with Crippen LogP contribution in [0.3, 0.4) is 0 Å². The summed E-state index contributed by atoms with van der Waals surface area (Å²) in [4.78, 5) is 10.9. The molecular weight excluding hydrogens is 320 g/mol. The molecule has 0 aromatic heterocycles. The summed E-state index contributed by atoms with van der Waals surface area (Å²) in [6, 6.07) is 8.33. The van der Waals surface area contributed by atoms with Gasteiger partial charge in [-0.3, -0.25) is 4.79 Å². The third kappa shape index (κ3) is 5.29. The largest absolute Gasteiger partial charge is 0.298 e. The van der Waals surface area contributed by atoms with Crippen LogP contribution in [0.1, 0.15) is 84.7 Å². The molecule has 2 fully saturated rings. The summed E-state index contributed by atoms with van der Waals surface area (Å²) in [6.07, 6.45) is 15.0. The smallest absolute Gasteiger partial charge is 0.150 e. The molecule has 0 aliphatic heterocycles. The third-order valence-corrected chi connectivity index (χ3v) is 8.50. The maximum Gasteiger partial charge on any atom is 0.150 e. The number of thioether (sulfide) groups is 2. The Hall–Kier alpha value is -0.410. The molecule has 2 saturated carbocycles. The number of rotatable bonds is 6. The first-order valence-corrected chi connectivity index (χ1v) is 11.1. The van der Waals surface area contributed by atoms with Gasteiger partial charge in [-0.1, -0.05) is 62.8 Å². The van der Waals surface area contributed by atoms with Gasteiger partial charge in [-0.2, -0.15) is 0 Å². The van der Waals surface area contributed by atoms with Crippen LogP contribution in [-0.2, 0) is 0 Å². The van der Waals surface area contributed by atoms with Crippen molar-refractivity contribution in [3.8, 4) is 0 Å². The van der Waals surface area contributed by atoms with Gasteiger partial charge in [-0.25, -0.2) is 0 Å². The van der Waals surface area contributed by atoms with Crippen LogP contribution in [0, 0.1) is 0 Å². The number of aldehydes is 1. The van der Waals surface area contributed by atoms with E-state index in [1.54, 1.807) is 0 Å². The van der Waals surface area contributed by atoms with E-state index in [2.05, 4.69) is 35.7 Å². The minimum Gasteiger partial charge on any atom is -0.298 e. The number of benzene rings is 1. The molecule has 0 bridgehead atoms. The van der Waals surface area contributed by atoms with Crippen molar-refractivity contribution in [1.29, 1.82) is 0 Å². The van der Waals surface area contributed by atoms with E-state index in [0.29, 0.717) is 4.58 Å². The molecule has 23 heavy (non-hydrogen) atoms. The van der Waals surface area contributed by atoms with Crippen LogP contribution in [0.25, 0.3) is 0 Å². The summed E-state index contributed by atoms with van der Waals surface area (Å²) < 4.78 is 0.543. The first kappa shape index (κ1) is 17.4. The first-order valence-electron chi connectivity index (χ1n) is 9.21. The van der Waals surface area contributed by atoms with Crippen LogP contribution in [-0.4, -0.2) is 16.8 Å². The molecule has 0 N–H and O–H groups in total. The van der Waals surface area contributed by atoms with Gasteiger partial charge in [0.15, 0.2) is 0 Å². The normalized spacial score (nSPS) is 20.7. The Balaban J connectivity index is 1.68. The Morgan fingerprint density at radius 2 is 1.26 bits per heavy atom. The SMILES string of the molecule is O=Cc1ccc(C(SC2CCCCC2)SC2CCCCC2)cc1. The molecule has 3 rings (SSSR count). The fourth-order valence-corrected chi connectivity index (χ4v) is 7.41. The molecule has 0 heterocycles. The predicted molar refractivity (Wildman–Crippen MR) is 103 cm³/mol. The van der Waals surface area contributed by atoms with E-state index in [4.69, 9.17) is 0 Å². The summed E-state index contributed by atoms with van der Waals surface area (Å²) in [6.45, 7) is 0. The highest BCUT2D eigenvalue weighted by atomic mass is 32.2. The molecule has 2 aliphatic rings. The average molecular weight is 349 g/mol. The van der Waals surface area contributed by atoms with Gasteiger partial charge in [0.25, 0.3) is 0 Å². The van der Waals surface area contributed by atoms with Crippen LogP contribution in [0.5, 0.6) is 0 Å². The monoisotopic (exact) mass is 348 g/mol. The van der Waals surface area contributed by atoms with E-state index in [1.807, 2.05) is 12.1 Å². The Morgan fingerprint density at radius 1 is 0.783 bits per heavy atom. The van der Waals surface area contributed by atoms with Crippen LogP contribution in [0.4, 0.5) is 0 Å². The Morgan fingerprint density at radius 3 is 1.70 bits per heavy atom. The van der Waals surface area contributed by atoms with Crippen molar-refractivity contribution in [2.45, 2.75) is 79.3 Å². The fourth-order valence-electron chi connectivity index (χ4n) is 3.67. The maximum absolute atomic E-state index is 10.9. The second kappa shape index (κ2) is 9.17. The van der Waals surface area contributed by atoms with Crippen molar-refractivity contribution >= 4 is 29.8 Å². The molecule has 0 unspecified atom stereocenters. The standard InChI is InChI=1S/C20H28OS2/c21-15-16-11-13-17(14-12-16)20(22-18-7-3-1-4-8-18)23-19-9-5-2-6-10-19/h11-15,18-20H,1-10H2. The van der Waals surface area contributed by atoms with Gasteiger partial charge in [0, 0.05) is 16.1 Å². The van der Waals surface area contributed by atoms with Crippen molar-refractivity contribution in [2.75, 3.05) is 0 Å². The van der Waals surface area contributed by atoms with Gasteiger partial charge >= 0.3 is 0 Å². The van der Waals surface area contributed by atoms with Gasteiger partial charge in [0.05, 0.1) is 4.58 Å². The molecule has 3 heteroatoms. The number of hydrogen-bond donors (Lipinski definition) is 0. The van der Waals surface area contributed by atoms with E-state index in [9.17, 15) is 4.79 Å². The molecule has 0 amide bonds. The zero-order chi connectivity index (χ0) is 15.9. The highest BCUT2D eigenvalue weighted by Gasteiger charge is 2.25. The fraction of sp³-hybridized carbons (Fsp3) is 0.650. The zero-order valence-electron chi connectivity index (χ0n) is 13.9. The maximum atomic E-state index is 10.9. The van der Waals surface area contributed by atoms with Gasteiger partial charge in [0.1, 0.15) is 6.29 Å². The molecule has 0 atom stereocenters. The molecule has 0 spiro atoms. The quantitative estimate of drug-likeness (QED) is 0.424. The van der Waals surface area contributed by atoms with Gasteiger partial charge in [-0.05, 0) is 31.2 Å². The summed E-state index contributed by atoms with van der Waals surface area (Å²) in [7, 11) is 0. The lowest BCUT2D eigenvalue weighted by Crippen LogP contribution is -2.13. The van der Waals surface area contributed by atoms with Crippen molar-refractivity contribution in [3.63, 3.8) is 0 Å². The van der Waals surface area contributed by atoms with E-state index in [1.165, 1.54) is 69.8 Å². The van der Waals surface area contributed by atoms with Crippen molar-refractivity contribution in [2.24, 2.45) is 0 Å². The third-order valence-electron chi connectivity index (χ3n) is 5.08. The van der Waals surface area contributed by atoms with Gasteiger partial charge < -0.3 is 0 Å². The van der Waals surface area contributed by atoms with E-state index in [0.717, 1.165) is 22.3 Å². The van der Waals surface area contributed by atoms with Gasteiger partial charge in [-0.15, -0.1) is 23.5 Å². The lowest BCUT2D eigenvalue weighted by atomic mass is 10.0. The lowest BCUT2D eigenvalue weighted by Gasteiger charge is -2.30. The highest BCUT2D eigenvalue weighted by Crippen LogP contribution is 2.49. The molecule has 1 aromatic rings. The van der Waals surface area contributed by atoms with E-state index >= 15 is 0 Å². The second-order valence-electron chi connectivity index (χ2n) is 6.91. The number of hydrogen-bond acceptors (Lipinski definition) is 3. The van der Waals surface area contributed by atoms with E-state index < -0.39 is 0 Å². The topological polar surface area (TPSA) is 17.1 Å². The minimum absolute atomic E-state index is 0.543. The van der Waals surface area contributed by atoms with Crippen molar-refractivity contribution in [1.82, 2.24) is 0 Å². The zero-order valence-corrected chi connectivity index (χ0v) is 15.5. The first-order chi connectivity index (χ1) is 11.3. The molecule has 0 radical (unpaired) electrons. The van der Waals surface area contributed by atoms with Crippen LogP contribution in [0.2, 0.25) is 0 Å². The summed E-state index contributed by atoms with van der Waals surface area (Å²) in [5, 5.41) is 1.66. The lowest BCUT2D eigenvalue weighted by molar-refractivity contribution is 0.112. The molecule has 1 nitrogen and oxygen atoms in total. The highest BCUT2D eigenvalue weighted by molar-refractivity contribution is 8.16. The average Bonchev–Trinajstić information content (AvgIpc) is 2.63. The summed E-state index contributed by atoms with van der Waals surface area (Å²) in [5.41, 5.74) is 2.19. The Bertz CT molecular complexity index is 453. The molecular formula is C20H28OS2.